The number of amides is 1. The molecule has 0 N–H and O–H groups in total. The lowest BCUT2D eigenvalue weighted by molar-refractivity contribution is -0.134. The molecule has 2 aromatic heterocycles. The van der Waals surface area contributed by atoms with Crippen LogP contribution in [-0.4, -0.2) is 43.2 Å². The Labute approximate surface area is 193 Å². The van der Waals surface area contributed by atoms with Crippen molar-refractivity contribution in [3.05, 3.63) is 78.5 Å². The van der Waals surface area contributed by atoms with E-state index >= 15 is 0 Å². The summed E-state index contributed by atoms with van der Waals surface area (Å²) in [5, 5.41) is 8.29. The van der Waals surface area contributed by atoms with E-state index in [0.717, 1.165) is 21.8 Å². The lowest BCUT2D eigenvalue weighted by Gasteiger charge is -2.26. The van der Waals surface area contributed by atoms with Gasteiger partial charge in [-0.2, -0.15) is 13.2 Å². The number of aryl methyl sites for hydroxylation is 2. The minimum absolute atomic E-state index is 0.290. The number of benzene rings is 2. The molecule has 0 aliphatic carbocycles. The number of carbonyl (C=O) groups excluding carboxylic acids is 1. The van der Waals surface area contributed by atoms with Gasteiger partial charge in [-0.25, -0.2) is 9.67 Å². The lowest BCUT2D eigenvalue weighted by atomic mass is 10.1. The highest BCUT2D eigenvalue weighted by Crippen LogP contribution is 2.34. The number of rotatable bonds is 4. The largest absolute Gasteiger partial charge is 0.406 e. The van der Waals surface area contributed by atoms with Gasteiger partial charge in [-0.3, -0.25) is 4.79 Å². The molecule has 7 nitrogen and oxygen atoms in total. The van der Waals surface area contributed by atoms with Gasteiger partial charge in [0.25, 0.3) is 5.91 Å². The summed E-state index contributed by atoms with van der Waals surface area (Å²) in [5.74, 6) is -0.649. The van der Waals surface area contributed by atoms with E-state index < -0.39 is 24.7 Å². The highest BCUT2D eigenvalue weighted by molar-refractivity contribution is 5.97. The van der Waals surface area contributed by atoms with Gasteiger partial charge in [0.05, 0.1) is 18.2 Å². The van der Waals surface area contributed by atoms with Gasteiger partial charge in [0.15, 0.2) is 0 Å². The number of halogens is 3. The molecule has 0 saturated carbocycles. The van der Waals surface area contributed by atoms with Crippen LogP contribution in [-0.2, 0) is 11.2 Å². The maximum absolute atomic E-state index is 13.3. The molecule has 5 rings (SSSR count). The molecule has 174 valence electrons. The number of alkyl halides is 3. The average Bonchev–Trinajstić information content (AvgIpc) is 3.44. The predicted octanol–water partition coefficient (Wildman–Crippen LogP) is 4.52. The molecule has 0 spiro atoms. The monoisotopic (exact) mass is 466 g/mol. The molecule has 0 fully saturated rings. The second-order valence-electron chi connectivity index (χ2n) is 8.28. The third-order valence-electron chi connectivity index (χ3n) is 5.86. The number of anilines is 1. The van der Waals surface area contributed by atoms with E-state index in [1.807, 2.05) is 42.0 Å². The quantitative estimate of drug-likeness (QED) is 0.444. The number of carbonyl (C=O) groups is 1. The highest BCUT2D eigenvalue weighted by Gasteiger charge is 2.39. The number of hydrogen-bond acceptors (Lipinski definition) is 4. The number of nitrogens with zero attached hydrogens (tertiary/aromatic N) is 6. The lowest BCUT2D eigenvalue weighted by Crippen LogP contribution is -2.42. The maximum atomic E-state index is 13.3. The summed E-state index contributed by atoms with van der Waals surface area (Å²) in [6, 6.07) is 13.4. The van der Waals surface area contributed by atoms with E-state index in [1.54, 1.807) is 36.8 Å². The van der Waals surface area contributed by atoms with Gasteiger partial charge in [-0.1, -0.05) is 35.5 Å². The number of hydrogen-bond donors (Lipinski definition) is 0. The zero-order chi connectivity index (χ0) is 23.9. The zero-order valence-electron chi connectivity index (χ0n) is 18.3. The van der Waals surface area contributed by atoms with E-state index in [9.17, 15) is 18.0 Å². The molecule has 1 amide bonds. The first-order valence-electron chi connectivity index (χ1n) is 10.8. The third-order valence-corrected chi connectivity index (χ3v) is 5.86. The molecule has 0 saturated heterocycles. The molecule has 10 heteroatoms. The van der Waals surface area contributed by atoms with E-state index in [1.165, 1.54) is 4.68 Å². The Kier molecular flexibility index (Phi) is 5.43. The summed E-state index contributed by atoms with van der Waals surface area (Å²) in [5.41, 5.74) is 4.14. The first-order chi connectivity index (χ1) is 16.3. The van der Waals surface area contributed by atoms with E-state index in [4.69, 9.17) is 0 Å². The molecule has 4 aromatic rings. The Morgan fingerprint density at radius 1 is 1.06 bits per heavy atom. The molecule has 1 aliphatic heterocycles. The van der Waals surface area contributed by atoms with Crippen LogP contribution in [0.2, 0.25) is 0 Å². The summed E-state index contributed by atoms with van der Waals surface area (Å²) in [6.45, 7) is 0.558. The molecule has 0 unspecified atom stereocenters. The fourth-order valence-electron chi connectivity index (χ4n) is 4.22. The molecule has 0 radical (unpaired) electrons. The number of para-hydroxylation sites is 1. The van der Waals surface area contributed by atoms with Crippen molar-refractivity contribution in [2.24, 2.45) is 0 Å². The minimum atomic E-state index is -4.53. The van der Waals surface area contributed by atoms with Crippen LogP contribution in [0.15, 0.2) is 67.3 Å². The van der Waals surface area contributed by atoms with Crippen molar-refractivity contribution in [3.63, 3.8) is 0 Å². The standard InChI is InChI=1S/C24H21F3N6O/c1-16-12-31(15-28-16)19-9-6-17(7-10-19)20-13-33(30-29-20)22-11-8-18-4-2-3-5-21(18)32(23(22)34)14-24(25,26)27/h2-7,9-10,12-13,15,22H,8,11,14H2,1H3/t22-/m1/s1. The van der Waals surface area contributed by atoms with Crippen LogP contribution in [0.5, 0.6) is 0 Å². The number of fused-ring (bicyclic) bond motifs is 1. The van der Waals surface area contributed by atoms with Crippen LogP contribution < -0.4 is 4.90 Å². The van der Waals surface area contributed by atoms with Crippen molar-refractivity contribution < 1.29 is 18.0 Å². The minimum Gasteiger partial charge on any atom is -0.306 e. The molecular weight excluding hydrogens is 445 g/mol. The first kappa shape index (κ1) is 21.9. The van der Waals surface area contributed by atoms with Gasteiger partial charge in [-0.15, -0.1) is 5.10 Å². The molecule has 0 bridgehead atoms. The SMILES string of the molecule is Cc1cn(-c2ccc(-c3cn([C@@H]4CCc5ccccc5N(CC(F)(F)F)C4=O)nn3)cc2)cn1. The number of aromatic nitrogens is 5. The van der Waals surface area contributed by atoms with Crippen molar-refractivity contribution in [2.45, 2.75) is 32.0 Å². The van der Waals surface area contributed by atoms with Crippen molar-refractivity contribution in [1.29, 1.82) is 0 Å². The van der Waals surface area contributed by atoms with Gasteiger partial charge in [0, 0.05) is 23.1 Å². The van der Waals surface area contributed by atoms with E-state index in [0.29, 0.717) is 24.1 Å². The Balaban J connectivity index is 1.42. The van der Waals surface area contributed by atoms with Gasteiger partial charge in [0.1, 0.15) is 18.3 Å². The Hall–Kier alpha value is -3.95. The second kappa shape index (κ2) is 8.44. The van der Waals surface area contributed by atoms with Crippen LogP contribution in [0.4, 0.5) is 18.9 Å². The topological polar surface area (TPSA) is 68.8 Å². The van der Waals surface area contributed by atoms with Crippen LogP contribution in [0, 0.1) is 6.92 Å². The fourth-order valence-corrected chi connectivity index (χ4v) is 4.22. The molecule has 1 aliphatic rings. The van der Waals surface area contributed by atoms with Crippen LogP contribution in [0.3, 0.4) is 0 Å². The molecule has 3 heterocycles. The smallest absolute Gasteiger partial charge is 0.306 e. The van der Waals surface area contributed by atoms with Crippen LogP contribution >= 0.6 is 0 Å². The molecular formula is C24H21F3N6O. The Morgan fingerprint density at radius 2 is 1.82 bits per heavy atom. The van der Waals surface area contributed by atoms with E-state index in [-0.39, 0.29) is 5.69 Å². The zero-order valence-corrected chi connectivity index (χ0v) is 18.3. The van der Waals surface area contributed by atoms with Crippen LogP contribution in [0.1, 0.15) is 23.7 Å². The summed E-state index contributed by atoms with van der Waals surface area (Å²) < 4.78 is 43.2. The van der Waals surface area contributed by atoms with Crippen molar-refractivity contribution in [2.75, 3.05) is 11.4 Å². The van der Waals surface area contributed by atoms with Crippen LogP contribution in [0.25, 0.3) is 16.9 Å². The van der Waals surface area contributed by atoms with Gasteiger partial charge < -0.3 is 9.47 Å². The Bertz CT molecular complexity index is 1320. The molecule has 34 heavy (non-hydrogen) atoms. The average molecular weight is 466 g/mol. The summed E-state index contributed by atoms with van der Waals surface area (Å²) in [4.78, 5) is 18.3. The number of imidazole rings is 1. The van der Waals surface area contributed by atoms with Crippen molar-refractivity contribution in [3.8, 4) is 16.9 Å². The second-order valence-corrected chi connectivity index (χ2v) is 8.28. The van der Waals surface area contributed by atoms with Crippen molar-refractivity contribution >= 4 is 11.6 Å². The van der Waals surface area contributed by atoms with Gasteiger partial charge >= 0.3 is 6.18 Å². The summed E-state index contributed by atoms with van der Waals surface area (Å²) in [7, 11) is 0. The fraction of sp³-hybridized carbons (Fsp3) is 0.250. The predicted molar refractivity (Wildman–Crippen MR) is 120 cm³/mol. The van der Waals surface area contributed by atoms with Gasteiger partial charge in [0.2, 0.25) is 0 Å². The van der Waals surface area contributed by atoms with Crippen molar-refractivity contribution in [1.82, 2.24) is 24.5 Å². The first-order valence-corrected chi connectivity index (χ1v) is 10.8. The summed E-state index contributed by atoms with van der Waals surface area (Å²) in [6.07, 6.45) is 1.50. The normalized spacial score (nSPS) is 16.4. The maximum Gasteiger partial charge on any atom is 0.406 e. The molecule has 1 atom stereocenters. The molecule has 2 aromatic carbocycles. The highest BCUT2D eigenvalue weighted by atomic mass is 19.4. The third kappa shape index (κ3) is 4.30. The Morgan fingerprint density at radius 3 is 2.53 bits per heavy atom. The van der Waals surface area contributed by atoms with Gasteiger partial charge in [-0.05, 0) is 43.5 Å². The van der Waals surface area contributed by atoms with E-state index in [2.05, 4.69) is 15.3 Å². The summed E-state index contributed by atoms with van der Waals surface area (Å²) >= 11 is 0.